The first-order valence-corrected chi connectivity index (χ1v) is 13.7. The highest BCUT2D eigenvalue weighted by molar-refractivity contribution is 5.76. The first-order chi connectivity index (χ1) is 18.2. The molecule has 1 aliphatic heterocycles. The Morgan fingerprint density at radius 1 is 1.05 bits per heavy atom. The summed E-state index contributed by atoms with van der Waals surface area (Å²) in [6, 6.07) is 14.9. The van der Waals surface area contributed by atoms with Crippen LogP contribution >= 0.6 is 0 Å². The molecule has 0 saturated heterocycles. The highest BCUT2D eigenvalue weighted by atomic mass is 16.5. The van der Waals surface area contributed by atoms with E-state index in [1.54, 1.807) is 0 Å². The molecule has 7 heteroatoms. The van der Waals surface area contributed by atoms with E-state index in [0.29, 0.717) is 29.6 Å². The monoisotopic (exact) mass is 499 g/mol. The maximum atomic E-state index is 12.7. The molecule has 3 aromatic rings. The number of anilines is 1. The molecule has 1 fully saturated rings. The van der Waals surface area contributed by atoms with Crippen molar-refractivity contribution in [3.63, 3.8) is 0 Å². The summed E-state index contributed by atoms with van der Waals surface area (Å²) >= 11 is 0. The van der Waals surface area contributed by atoms with Gasteiger partial charge in [-0.2, -0.15) is 0 Å². The van der Waals surface area contributed by atoms with Crippen molar-refractivity contribution >= 4 is 11.8 Å². The number of benzene rings is 1. The fourth-order valence-electron chi connectivity index (χ4n) is 5.02. The lowest BCUT2D eigenvalue weighted by Gasteiger charge is -2.22. The number of pyridine rings is 1. The maximum absolute atomic E-state index is 12.7. The van der Waals surface area contributed by atoms with E-state index in [-0.39, 0.29) is 5.97 Å². The number of aromatic nitrogens is 3. The molecule has 5 rings (SSSR count). The van der Waals surface area contributed by atoms with E-state index in [1.807, 2.05) is 37.3 Å². The number of carbonyl (C=O) groups is 1. The standard InChI is InChI=1S/C30H37N5O2/c1-22-29(28(33-21-32-22)23-9-3-2-4-10-23)37-27(36)13-8-20-35(26-16-17-26)19-6-5-12-25-15-14-24-11-7-18-31-30(24)34-25/h2-4,9-10,14-15,21,26H,5-8,11-13,16-20H2,1H3,(H,31,34). The number of aryl methyl sites for hydroxylation is 3. The Hall–Kier alpha value is -3.32. The molecule has 0 spiro atoms. The molecule has 1 saturated carbocycles. The van der Waals surface area contributed by atoms with E-state index in [4.69, 9.17) is 9.72 Å². The third-order valence-electron chi connectivity index (χ3n) is 7.21. The number of hydrogen-bond donors (Lipinski definition) is 1. The van der Waals surface area contributed by atoms with Gasteiger partial charge < -0.3 is 15.0 Å². The topological polar surface area (TPSA) is 80.2 Å². The molecule has 37 heavy (non-hydrogen) atoms. The first-order valence-electron chi connectivity index (χ1n) is 13.7. The molecule has 1 aromatic carbocycles. The van der Waals surface area contributed by atoms with Crippen molar-refractivity contribution in [2.75, 3.05) is 25.0 Å². The Balaban J connectivity index is 1.07. The molecule has 0 amide bonds. The number of ether oxygens (including phenoxy) is 1. The zero-order chi connectivity index (χ0) is 25.5. The molecule has 3 heterocycles. The predicted molar refractivity (Wildman–Crippen MR) is 146 cm³/mol. The van der Waals surface area contributed by atoms with Gasteiger partial charge in [0.2, 0.25) is 0 Å². The summed E-state index contributed by atoms with van der Waals surface area (Å²) < 4.78 is 5.78. The average Bonchev–Trinajstić information content (AvgIpc) is 3.77. The average molecular weight is 500 g/mol. The second-order valence-electron chi connectivity index (χ2n) is 10.1. The second kappa shape index (κ2) is 12.3. The van der Waals surface area contributed by atoms with Gasteiger partial charge >= 0.3 is 5.97 Å². The van der Waals surface area contributed by atoms with Crippen LogP contribution in [-0.4, -0.2) is 51.5 Å². The van der Waals surface area contributed by atoms with Gasteiger partial charge in [-0.3, -0.25) is 4.79 Å². The molecular formula is C30H37N5O2. The smallest absolute Gasteiger partial charge is 0.311 e. The van der Waals surface area contributed by atoms with Gasteiger partial charge in [-0.15, -0.1) is 0 Å². The molecule has 1 N–H and O–H groups in total. The zero-order valence-corrected chi connectivity index (χ0v) is 21.8. The van der Waals surface area contributed by atoms with Crippen LogP contribution in [0.1, 0.15) is 61.9 Å². The van der Waals surface area contributed by atoms with E-state index in [1.165, 1.54) is 36.8 Å². The van der Waals surface area contributed by atoms with Gasteiger partial charge in [0.1, 0.15) is 17.8 Å². The van der Waals surface area contributed by atoms with E-state index >= 15 is 0 Å². The summed E-state index contributed by atoms with van der Waals surface area (Å²) in [4.78, 5) is 28.7. The lowest BCUT2D eigenvalue weighted by atomic mass is 10.1. The third kappa shape index (κ3) is 6.92. The summed E-state index contributed by atoms with van der Waals surface area (Å²) in [7, 11) is 0. The quantitative estimate of drug-likeness (QED) is 0.265. The van der Waals surface area contributed by atoms with Gasteiger partial charge in [0.05, 0.1) is 5.69 Å². The van der Waals surface area contributed by atoms with Gasteiger partial charge in [-0.05, 0) is 83.0 Å². The largest absolute Gasteiger partial charge is 0.422 e. The van der Waals surface area contributed by atoms with Gasteiger partial charge in [0.15, 0.2) is 5.75 Å². The molecule has 7 nitrogen and oxygen atoms in total. The molecule has 0 radical (unpaired) electrons. The molecule has 0 atom stereocenters. The van der Waals surface area contributed by atoms with Gasteiger partial charge in [0.25, 0.3) is 0 Å². The first kappa shape index (κ1) is 25.3. The SMILES string of the molecule is Cc1ncnc(-c2ccccc2)c1OC(=O)CCCN(CCCCc1ccc2c(n1)NCCC2)C1CC1. The van der Waals surface area contributed by atoms with Crippen molar-refractivity contribution in [3.05, 3.63) is 65.7 Å². The number of fused-ring (bicyclic) bond motifs is 1. The van der Waals surface area contributed by atoms with Gasteiger partial charge in [-0.25, -0.2) is 15.0 Å². The number of rotatable bonds is 12. The third-order valence-corrected chi connectivity index (χ3v) is 7.21. The van der Waals surface area contributed by atoms with Gasteiger partial charge in [-0.1, -0.05) is 36.4 Å². The van der Waals surface area contributed by atoms with Gasteiger partial charge in [0, 0.05) is 30.3 Å². The van der Waals surface area contributed by atoms with Crippen molar-refractivity contribution in [2.24, 2.45) is 0 Å². The number of nitrogens with zero attached hydrogens (tertiary/aromatic N) is 4. The lowest BCUT2D eigenvalue weighted by molar-refractivity contribution is -0.134. The molecule has 0 bridgehead atoms. The van der Waals surface area contributed by atoms with Crippen LogP contribution in [0.4, 0.5) is 5.82 Å². The van der Waals surface area contributed by atoms with Crippen LogP contribution in [0.15, 0.2) is 48.8 Å². The molecule has 2 aromatic heterocycles. The Morgan fingerprint density at radius 3 is 2.73 bits per heavy atom. The summed E-state index contributed by atoms with van der Waals surface area (Å²) in [5, 5.41) is 3.43. The Labute approximate surface area is 219 Å². The summed E-state index contributed by atoms with van der Waals surface area (Å²) in [6.45, 7) is 4.88. The normalized spacial score (nSPS) is 14.8. The summed E-state index contributed by atoms with van der Waals surface area (Å²) in [5.41, 5.74) is 4.78. The molecule has 0 unspecified atom stereocenters. The number of hydrogen-bond acceptors (Lipinski definition) is 7. The van der Waals surface area contributed by atoms with Crippen molar-refractivity contribution in [1.29, 1.82) is 0 Å². The second-order valence-corrected chi connectivity index (χ2v) is 10.1. The Kier molecular flexibility index (Phi) is 8.41. The Bertz CT molecular complexity index is 1200. The molecular weight excluding hydrogens is 462 g/mol. The van der Waals surface area contributed by atoms with Crippen LogP contribution in [0, 0.1) is 6.92 Å². The van der Waals surface area contributed by atoms with Crippen LogP contribution in [-0.2, 0) is 17.6 Å². The van der Waals surface area contributed by atoms with E-state index in [2.05, 4.69) is 32.3 Å². The van der Waals surface area contributed by atoms with Crippen molar-refractivity contribution in [2.45, 2.75) is 70.8 Å². The van der Waals surface area contributed by atoms with E-state index in [9.17, 15) is 4.79 Å². The summed E-state index contributed by atoms with van der Waals surface area (Å²) in [6.07, 6.45) is 10.8. The van der Waals surface area contributed by atoms with Crippen LogP contribution < -0.4 is 10.1 Å². The summed E-state index contributed by atoms with van der Waals surface area (Å²) in [5.74, 6) is 1.32. The zero-order valence-electron chi connectivity index (χ0n) is 21.8. The highest BCUT2D eigenvalue weighted by Gasteiger charge is 2.28. The van der Waals surface area contributed by atoms with Crippen LogP contribution in [0.5, 0.6) is 5.75 Å². The van der Waals surface area contributed by atoms with Crippen LogP contribution in [0.25, 0.3) is 11.3 Å². The van der Waals surface area contributed by atoms with E-state index in [0.717, 1.165) is 63.1 Å². The minimum atomic E-state index is -0.224. The minimum absolute atomic E-state index is 0.224. The number of carbonyl (C=O) groups excluding carboxylic acids is 1. The molecule has 1 aliphatic carbocycles. The highest BCUT2D eigenvalue weighted by Crippen LogP contribution is 2.30. The molecule has 194 valence electrons. The predicted octanol–water partition coefficient (Wildman–Crippen LogP) is 5.38. The Morgan fingerprint density at radius 2 is 1.89 bits per heavy atom. The van der Waals surface area contributed by atoms with Crippen LogP contribution in [0.3, 0.4) is 0 Å². The maximum Gasteiger partial charge on any atom is 0.311 e. The number of nitrogens with one attached hydrogen (secondary N) is 1. The lowest BCUT2D eigenvalue weighted by Crippen LogP contribution is -2.29. The number of unbranched alkanes of at least 4 members (excludes halogenated alkanes) is 1. The fourth-order valence-corrected chi connectivity index (χ4v) is 5.02. The van der Waals surface area contributed by atoms with Crippen molar-refractivity contribution in [1.82, 2.24) is 19.9 Å². The molecule has 2 aliphatic rings. The van der Waals surface area contributed by atoms with Crippen molar-refractivity contribution < 1.29 is 9.53 Å². The number of esters is 1. The van der Waals surface area contributed by atoms with Crippen LogP contribution in [0.2, 0.25) is 0 Å². The minimum Gasteiger partial charge on any atom is -0.422 e. The van der Waals surface area contributed by atoms with E-state index < -0.39 is 0 Å². The fraction of sp³-hybridized carbons (Fsp3) is 0.467. The van der Waals surface area contributed by atoms with Crippen molar-refractivity contribution in [3.8, 4) is 17.0 Å².